The Morgan fingerprint density at radius 1 is 1.50 bits per heavy atom. The van der Waals surface area contributed by atoms with E-state index in [0.717, 1.165) is 18.7 Å². The summed E-state index contributed by atoms with van der Waals surface area (Å²) in [7, 11) is 0. The molecule has 18 heavy (non-hydrogen) atoms. The summed E-state index contributed by atoms with van der Waals surface area (Å²) in [5.74, 6) is 0.775. The van der Waals surface area contributed by atoms with Crippen LogP contribution in [0, 0.1) is 0 Å². The lowest BCUT2D eigenvalue weighted by Crippen LogP contribution is -2.31. The molecule has 1 saturated heterocycles. The van der Waals surface area contributed by atoms with Crippen molar-refractivity contribution < 1.29 is 9.53 Å². The normalized spacial score (nSPS) is 19.3. The average molecular weight is 248 g/mol. The largest absolute Gasteiger partial charge is 0.491 e. The van der Waals surface area contributed by atoms with Crippen LogP contribution in [-0.4, -0.2) is 36.0 Å². The molecule has 1 fully saturated rings. The lowest BCUT2D eigenvalue weighted by molar-refractivity contribution is 0.0790. The van der Waals surface area contributed by atoms with Crippen molar-refractivity contribution in [3.8, 4) is 5.75 Å². The molecule has 0 bridgehead atoms. The molecule has 1 aliphatic rings. The van der Waals surface area contributed by atoms with Crippen molar-refractivity contribution in [1.29, 1.82) is 0 Å². The van der Waals surface area contributed by atoms with Crippen molar-refractivity contribution in [1.82, 2.24) is 4.90 Å². The number of nitrogens with two attached hydrogens (primary N) is 1. The fraction of sp³-hybridized carbons (Fsp3) is 0.500. The quantitative estimate of drug-likeness (QED) is 0.885. The fourth-order valence-electron chi connectivity index (χ4n) is 2.13. The van der Waals surface area contributed by atoms with Gasteiger partial charge in [-0.2, -0.15) is 0 Å². The van der Waals surface area contributed by atoms with Crippen molar-refractivity contribution in [2.45, 2.75) is 32.4 Å². The van der Waals surface area contributed by atoms with Crippen LogP contribution in [0.2, 0.25) is 0 Å². The van der Waals surface area contributed by atoms with Gasteiger partial charge in [0.15, 0.2) is 0 Å². The predicted molar refractivity (Wildman–Crippen MR) is 70.7 cm³/mol. The van der Waals surface area contributed by atoms with Crippen molar-refractivity contribution in [3.05, 3.63) is 29.8 Å². The molecule has 4 heteroatoms. The number of ether oxygens (including phenoxy) is 1. The second-order valence-corrected chi connectivity index (χ2v) is 4.99. The minimum Gasteiger partial charge on any atom is -0.491 e. The van der Waals surface area contributed by atoms with E-state index in [4.69, 9.17) is 10.5 Å². The standard InChI is InChI=1S/C14H20N2O2/c1-10(2)18-13-5-3-4-11(8-13)14(17)16-7-6-12(15)9-16/h3-5,8,10,12H,6-7,9,15H2,1-2H3/t12-/m0/s1. The lowest BCUT2D eigenvalue weighted by Gasteiger charge is -2.17. The number of rotatable bonds is 3. The van der Waals surface area contributed by atoms with Gasteiger partial charge in [-0.3, -0.25) is 4.79 Å². The molecule has 0 aromatic heterocycles. The molecule has 98 valence electrons. The summed E-state index contributed by atoms with van der Waals surface area (Å²) in [6, 6.07) is 7.45. The van der Waals surface area contributed by atoms with Crippen LogP contribution in [0.3, 0.4) is 0 Å². The number of carbonyl (C=O) groups is 1. The van der Waals surface area contributed by atoms with Crippen LogP contribution < -0.4 is 10.5 Å². The molecule has 4 nitrogen and oxygen atoms in total. The molecule has 2 rings (SSSR count). The Kier molecular flexibility index (Phi) is 3.87. The van der Waals surface area contributed by atoms with E-state index in [1.54, 1.807) is 11.0 Å². The predicted octanol–water partition coefficient (Wildman–Crippen LogP) is 1.65. The first kappa shape index (κ1) is 12.9. The lowest BCUT2D eigenvalue weighted by atomic mass is 10.2. The van der Waals surface area contributed by atoms with Crippen LogP contribution in [-0.2, 0) is 0 Å². The smallest absolute Gasteiger partial charge is 0.254 e. The first-order valence-corrected chi connectivity index (χ1v) is 6.38. The molecule has 1 aliphatic heterocycles. The van der Waals surface area contributed by atoms with E-state index in [1.807, 2.05) is 32.0 Å². The molecule has 0 spiro atoms. The Morgan fingerprint density at radius 3 is 2.89 bits per heavy atom. The van der Waals surface area contributed by atoms with Gasteiger partial charge in [0, 0.05) is 24.7 Å². The number of hydrogen-bond donors (Lipinski definition) is 1. The van der Waals surface area contributed by atoms with Gasteiger partial charge < -0.3 is 15.4 Å². The topological polar surface area (TPSA) is 55.6 Å². The van der Waals surface area contributed by atoms with Crippen molar-refractivity contribution >= 4 is 5.91 Å². The molecule has 0 unspecified atom stereocenters. The Morgan fingerprint density at radius 2 is 2.28 bits per heavy atom. The van der Waals surface area contributed by atoms with Crippen LogP contribution >= 0.6 is 0 Å². The number of likely N-dealkylation sites (tertiary alicyclic amines) is 1. The highest BCUT2D eigenvalue weighted by atomic mass is 16.5. The zero-order chi connectivity index (χ0) is 13.1. The van der Waals surface area contributed by atoms with E-state index < -0.39 is 0 Å². The minimum atomic E-state index is 0.0390. The molecule has 2 N–H and O–H groups in total. The van der Waals surface area contributed by atoms with E-state index in [1.165, 1.54) is 0 Å². The maximum absolute atomic E-state index is 12.2. The number of hydrogen-bond acceptors (Lipinski definition) is 3. The zero-order valence-corrected chi connectivity index (χ0v) is 10.9. The number of nitrogens with zero attached hydrogens (tertiary/aromatic N) is 1. The fourth-order valence-corrected chi connectivity index (χ4v) is 2.13. The van der Waals surface area contributed by atoms with Crippen molar-refractivity contribution in [3.63, 3.8) is 0 Å². The third-order valence-corrected chi connectivity index (χ3v) is 2.96. The molecule has 1 heterocycles. The average Bonchev–Trinajstić information content (AvgIpc) is 2.74. The van der Waals surface area contributed by atoms with Gasteiger partial charge in [0.25, 0.3) is 5.91 Å². The Bertz CT molecular complexity index is 432. The third kappa shape index (κ3) is 3.01. The van der Waals surface area contributed by atoms with Gasteiger partial charge >= 0.3 is 0 Å². The van der Waals surface area contributed by atoms with E-state index in [2.05, 4.69) is 0 Å². The summed E-state index contributed by atoms with van der Waals surface area (Å²) in [6.07, 6.45) is 0.990. The molecule has 0 radical (unpaired) electrons. The second kappa shape index (κ2) is 5.40. The van der Waals surface area contributed by atoms with Crippen LogP contribution in [0.25, 0.3) is 0 Å². The molecule has 1 aromatic carbocycles. The van der Waals surface area contributed by atoms with E-state index in [-0.39, 0.29) is 18.1 Å². The van der Waals surface area contributed by atoms with Crippen LogP contribution in [0.15, 0.2) is 24.3 Å². The SMILES string of the molecule is CC(C)Oc1cccc(C(=O)N2CC[C@H](N)C2)c1. The number of amides is 1. The van der Waals surface area contributed by atoms with Gasteiger partial charge in [0.2, 0.25) is 0 Å². The monoisotopic (exact) mass is 248 g/mol. The van der Waals surface area contributed by atoms with Crippen molar-refractivity contribution in [2.24, 2.45) is 5.73 Å². The van der Waals surface area contributed by atoms with Gasteiger partial charge in [0.05, 0.1) is 6.10 Å². The van der Waals surface area contributed by atoms with Crippen LogP contribution in [0.4, 0.5) is 0 Å². The maximum Gasteiger partial charge on any atom is 0.254 e. The molecule has 0 saturated carbocycles. The summed E-state index contributed by atoms with van der Waals surface area (Å²) >= 11 is 0. The first-order chi connectivity index (χ1) is 8.56. The van der Waals surface area contributed by atoms with Crippen LogP contribution in [0.5, 0.6) is 5.75 Å². The Hall–Kier alpha value is -1.55. The van der Waals surface area contributed by atoms with E-state index in [9.17, 15) is 4.79 Å². The van der Waals surface area contributed by atoms with Gasteiger partial charge in [-0.15, -0.1) is 0 Å². The van der Waals surface area contributed by atoms with Gasteiger partial charge in [-0.25, -0.2) is 0 Å². The Balaban J connectivity index is 2.10. The van der Waals surface area contributed by atoms with Crippen molar-refractivity contribution in [2.75, 3.05) is 13.1 Å². The molecular weight excluding hydrogens is 228 g/mol. The van der Waals surface area contributed by atoms with E-state index in [0.29, 0.717) is 12.1 Å². The zero-order valence-electron chi connectivity index (χ0n) is 10.9. The molecule has 0 aliphatic carbocycles. The third-order valence-electron chi connectivity index (χ3n) is 2.96. The summed E-state index contributed by atoms with van der Waals surface area (Å²) in [5, 5.41) is 0. The first-order valence-electron chi connectivity index (χ1n) is 6.38. The van der Waals surface area contributed by atoms with Gasteiger partial charge in [0.1, 0.15) is 5.75 Å². The highest BCUT2D eigenvalue weighted by molar-refractivity contribution is 5.94. The van der Waals surface area contributed by atoms with Gasteiger partial charge in [-0.1, -0.05) is 6.07 Å². The number of carbonyl (C=O) groups excluding carboxylic acids is 1. The van der Waals surface area contributed by atoms with E-state index >= 15 is 0 Å². The van der Waals surface area contributed by atoms with Gasteiger partial charge in [-0.05, 0) is 38.5 Å². The molecule has 1 atom stereocenters. The Labute approximate surface area is 108 Å². The summed E-state index contributed by atoms with van der Waals surface area (Å²) in [6.45, 7) is 5.32. The highest BCUT2D eigenvalue weighted by Crippen LogP contribution is 2.18. The molecular formula is C14H20N2O2. The van der Waals surface area contributed by atoms with Crippen LogP contribution in [0.1, 0.15) is 30.6 Å². The highest BCUT2D eigenvalue weighted by Gasteiger charge is 2.24. The summed E-state index contributed by atoms with van der Waals surface area (Å²) in [4.78, 5) is 14.1. The maximum atomic E-state index is 12.2. The second-order valence-electron chi connectivity index (χ2n) is 4.99. The molecule has 1 aromatic rings. The minimum absolute atomic E-state index is 0.0390. The molecule has 1 amide bonds. The summed E-state index contributed by atoms with van der Waals surface area (Å²) in [5.41, 5.74) is 6.49. The number of benzene rings is 1. The summed E-state index contributed by atoms with van der Waals surface area (Å²) < 4.78 is 5.59.